The second-order valence-corrected chi connectivity index (χ2v) is 6.00. The Balaban J connectivity index is 2.23. The van der Waals surface area contributed by atoms with Crippen LogP contribution in [0.15, 0.2) is 12.1 Å². The van der Waals surface area contributed by atoms with Crippen LogP contribution in [0.2, 0.25) is 5.02 Å². The third kappa shape index (κ3) is 4.52. The first kappa shape index (κ1) is 17.9. The molecular weight excluding hydrogens is 318 g/mol. The first-order valence-corrected chi connectivity index (χ1v) is 8.51. The number of hydrogen-bond donors (Lipinski definition) is 1. The summed E-state index contributed by atoms with van der Waals surface area (Å²) in [5, 5.41) is 9.94. The first-order chi connectivity index (χ1) is 11.1. The molecule has 23 heavy (non-hydrogen) atoms. The number of halogens is 1. The van der Waals surface area contributed by atoms with Gasteiger partial charge in [0.05, 0.1) is 24.3 Å². The Morgan fingerprint density at radius 2 is 2.00 bits per heavy atom. The van der Waals surface area contributed by atoms with Gasteiger partial charge in [-0.15, -0.1) is 0 Å². The summed E-state index contributed by atoms with van der Waals surface area (Å²) in [7, 11) is 0. The molecule has 0 unspecified atom stereocenters. The number of aliphatic hydroxyl groups is 1. The Labute approximate surface area is 142 Å². The maximum absolute atomic E-state index is 12.6. The van der Waals surface area contributed by atoms with E-state index in [1.807, 2.05) is 13.8 Å². The molecule has 1 fully saturated rings. The number of likely N-dealkylation sites (tertiary alicyclic amines) is 1. The first-order valence-electron chi connectivity index (χ1n) is 8.13. The lowest BCUT2D eigenvalue weighted by Gasteiger charge is -2.30. The molecule has 0 atom stereocenters. The normalized spacial score (nSPS) is 15.6. The lowest BCUT2D eigenvalue weighted by Crippen LogP contribution is -2.40. The molecule has 0 radical (unpaired) electrons. The summed E-state index contributed by atoms with van der Waals surface area (Å²) in [5.74, 6) is 0.886. The molecule has 1 aliphatic heterocycles. The molecule has 1 aromatic rings. The average Bonchev–Trinajstić information content (AvgIpc) is 2.54. The van der Waals surface area contributed by atoms with Crippen LogP contribution in [0.4, 0.5) is 0 Å². The highest BCUT2D eigenvalue weighted by molar-refractivity contribution is 6.32. The Bertz CT molecular complexity index is 542. The maximum atomic E-state index is 12.6. The minimum absolute atomic E-state index is 0.0956. The molecule has 1 aromatic carbocycles. The molecule has 1 saturated heterocycles. The summed E-state index contributed by atoms with van der Waals surface area (Å²) in [6.07, 6.45) is 1.76. The zero-order valence-electron chi connectivity index (χ0n) is 13.7. The van der Waals surface area contributed by atoms with E-state index in [0.29, 0.717) is 61.2 Å². The summed E-state index contributed by atoms with van der Waals surface area (Å²) in [4.78, 5) is 14.4. The van der Waals surface area contributed by atoms with Crippen LogP contribution >= 0.6 is 11.6 Å². The van der Waals surface area contributed by atoms with E-state index < -0.39 is 0 Å². The number of ether oxygens (including phenoxy) is 2. The van der Waals surface area contributed by atoms with Crippen molar-refractivity contribution in [3.8, 4) is 11.5 Å². The number of amides is 1. The van der Waals surface area contributed by atoms with E-state index >= 15 is 0 Å². The van der Waals surface area contributed by atoms with Crippen molar-refractivity contribution < 1.29 is 19.4 Å². The fourth-order valence-corrected chi connectivity index (χ4v) is 2.82. The summed E-state index contributed by atoms with van der Waals surface area (Å²) in [6, 6.07) is 3.32. The van der Waals surface area contributed by atoms with Gasteiger partial charge in [0.25, 0.3) is 5.91 Å². The summed E-state index contributed by atoms with van der Waals surface area (Å²) in [6.45, 7) is 5.99. The van der Waals surface area contributed by atoms with Gasteiger partial charge in [-0.3, -0.25) is 4.79 Å². The molecule has 0 spiro atoms. The Morgan fingerprint density at radius 3 is 2.61 bits per heavy atom. The van der Waals surface area contributed by atoms with Crippen LogP contribution in [0.3, 0.4) is 0 Å². The molecule has 5 nitrogen and oxygen atoms in total. The number of aliphatic hydroxyl groups excluding tert-OH is 1. The van der Waals surface area contributed by atoms with Crippen LogP contribution in [-0.2, 0) is 0 Å². The van der Waals surface area contributed by atoms with E-state index in [4.69, 9.17) is 21.1 Å². The Morgan fingerprint density at radius 1 is 1.30 bits per heavy atom. The van der Waals surface area contributed by atoms with Crippen molar-refractivity contribution >= 4 is 17.5 Å². The van der Waals surface area contributed by atoms with Gasteiger partial charge >= 0.3 is 0 Å². The maximum Gasteiger partial charge on any atom is 0.254 e. The van der Waals surface area contributed by atoms with Crippen LogP contribution in [0.5, 0.6) is 11.5 Å². The summed E-state index contributed by atoms with van der Waals surface area (Å²) in [5.41, 5.74) is 0.485. The van der Waals surface area contributed by atoms with Gasteiger partial charge in [0.15, 0.2) is 11.5 Å². The van der Waals surface area contributed by atoms with Gasteiger partial charge in [0.1, 0.15) is 0 Å². The smallest absolute Gasteiger partial charge is 0.254 e. The molecule has 6 heteroatoms. The largest absolute Gasteiger partial charge is 0.490 e. The monoisotopic (exact) mass is 341 g/mol. The predicted molar refractivity (Wildman–Crippen MR) is 89.6 cm³/mol. The van der Waals surface area contributed by atoms with Crippen molar-refractivity contribution in [2.75, 3.05) is 26.3 Å². The third-order valence-electron chi connectivity index (χ3n) is 3.76. The highest BCUT2D eigenvalue weighted by atomic mass is 35.5. The van der Waals surface area contributed by atoms with E-state index in [2.05, 4.69) is 0 Å². The Hall–Kier alpha value is -1.46. The van der Waals surface area contributed by atoms with Crippen molar-refractivity contribution in [2.45, 2.75) is 39.2 Å². The van der Waals surface area contributed by atoms with E-state index in [0.717, 1.165) is 6.42 Å². The van der Waals surface area contributed by atoms with Crippen LogP contribution in [-0.4, -0.2) is 48.3 Å². The minimum atomic E-state index is -0.313. The highest BCUT2D eigenvalue weighted by Crippen LogP contribution is 2.37. The SMILES string of the molecule is CCCOc1c(Cl)cc(C(=O)N2CCC(O)CC2)cc1OCC. The number of piperidine rings is 1. The van der Waals surface area contributed by atoms with Gasteiger partial charge in [-0.25, -0.2) is 0 Å². The number of hydrogen-bond acceptors (Lipinski definition) is 4. The van der Waals surface area contributed by atoms with E-state index in [9.17, 15) is 9.90 Å². The molecule has 0 aliphatic carbocycles. The molecule has 128 valence electrons. The van der Waals surface area contributed by atoms with Gasteiger partial charge in [0, 0.05) is 18.7 Å². The highest BCUT2D eigenvalue weighted by Gasteiger charge is 2.24. The molecule has 0 bridgehead atoms. The number of benzene rings is 1. The molecular formula is C17H24ClNO4. The molecule has 0 saturated carbocycles. The van der Waals surface area contributed by atoms with E-state index in [1.54, 1.807) is 17.0 Å². The van der Waals surface area contributed by atoms with Gasteiger partial charge in [-0.05, 0) is 38.3 Å². The number of nitrogens with zero attached hydrogens (tertiary/aromatic N) is 1. The van der Waals surface area contributed by atoms with Crippen molar-refractivity contribution in [1.29, 1.82) is 0 Å². The van der Waals surface area contributed by atoms with E-state index in [1.165, 1.54) is 0 Å². The van der Waals surface area contributed by atoms with Gasteiger partial charge < -0.3 is 19.5 Å². The second-order valence-electron chi connectivity index (χ2n) is 5.59. The molecule has 1 amide bonds. The summed E-state index contributed by atoms with van der Waals surface area (Å²) < 4.78 is 11.2. The standard InChI is InChI=1S/C17H24ClNO4/c1-3-9-23-16-14(18)10-12(11-15(16)22-4-2)17(21)19-7-5-13(20)6-8-19/h10-11,13,20H,3-9H2,1-2H3. The van der Waals surface area contributed by atoms with Gasteiger partial charge in [-0.2, -0.15) is 0 Å². The molecule has 1 N–H and O–H groups in total. The Kier molecular flexibility index (Phi) is 6.54. The van der Waals surface area contributed by atoms with Crippen LogP contribution in [0.1, 0.15) is 43.5 Å². The van der Waals surface area contributed by atoms with Crippen molar-refractivity contribution in [2.24, 2.45) is 0 Å². The topological polar surface area (TPSA) is 59.0 Å². The van der Waals surface area contributed by atoms with E-state index in [-0.39, 0.29) is 12.0 Å². The molecule has 1 heterocycles. The van der Waals surface area contributed by atoms with Crippen LogP contribution < -0.4 is 9.47 Å². The zero-order valence-corrected chi connectivity index (χ0v) is 14.4. The van der Waals surface area contributed by atoms with Gasteiger partial charge in [0.2, 0.25) is 0 Å². The fraction of sp³-hybridized carbons (Fsp3) is 0.588. The average molecular weight is 342 g/mol. The fourth-order valence-electron chi connectivity index (χ4n) is 2.55. The number of carbonyl (C=O) groups is 1. The van der Waals surface area contributed by atoms with Crippen molar-refractivity contribution in [3.05, 3.63) is 22.7 Å². The van der Waals surface area contributed by atoms with Crippen molar-refractivity contribution in [3.63, 3.8) is 0 Å². The molecule has 1 aliphatic rings. The van der Waals surface area contributed by atoms with Crippen molar-refractivity contribution in [1.82, 2.24) is 4.90 Å². The third-order valence-corrected chi connectivity index (χ3v) is 4.04. The van der Waals surface area contributed by atoms with Crippen LogP contribution in [0.25, 0.3) is 0 Å². The number of rotatable bonds is 6. The van der Waals surface area contributed by atoms with Gasteiger partial charge in [-0.1, -0.05) is 18.5 Å². The molecule has 2 rings (SSSR count). The zero-order chi connectivity index (χ0) is 16.8. The quantitative estimate of drug-likeness (QED) is 0.863. The number of carbonyl (C=O) groups excluding carboxylic acids is 1. The lowest BCUT2D eigenvalue weighted by atomic mass is 10.1. The minimum Gasteiger partial charge on any atom is -0.490 e. The second kappa shape index (κ2) is 8.41. The summed E-state index contributed by atoms with van der Waals surface area (Å²) >= 11 is 6.30. The van der Waals surface area contributed by atoms with Crippen LogP contribution in [0, 0.1) is 0 Å². The molecule has 0 aromatic heterocycles. The lowest BCUT2D eigenvalue weighted by molar-refractivity contribution is 0.0546. The predicted octanol–water partition coefficient (Wildman–Crippen LogP) is 3.12.